The molecular weight excluding hydrogens is 701 g/mol. The number of benzene rings is 6. The Morgan fingerprint density at radius 3 is 0.754 bits per heavy atom. The van der Waals surface area contributed by atoms with Crippen LogP contribution in [0.1, 0.15) is 125 Å². The Bertz CT molecular complexity index is 1730. The third-order valence-electron chi connectivity index (χ3n) is 6.81. The first-order valence-electron chi connectivity index (χ1n) is 21.2. The van der Waals surface area contributed by atoms with Gasteiger partial charge in [-0.25, -0.2) is 0 Å². The van der Waals surface area contributed by atoms with Gasteiger partial charge in [-0.05, 0) is 64.7 Å². The number of rotatable bonds is 0. The van der Waals surface area contributed by atoms with Gasteiger partial charge in [-0.15, -0.1) is 0 Å². The van der Waals surface area contributed by atoms with Crippen molar-refractivity contribution in [1.82, 2.24) is 0 Å². The van der Waals surface area contributed by atoms with Gasteiger partial charge in [0.05, 0.1) is 0 Å². The third kappa shape index (κ3) is 25.8. The zero-order valence-corrected chi connectivity index (χ0v) is 41.4. The van der Waals surface area contributed by atoms with Gasteiger partial charge in [0.1, 0.15) is 8.07 Å². The first kappa shape index (κ1) is 53.1. The molecule has 0 fully saturated rings. The Hall–Kier alpha value is -3.94. The molecule has 0 nitrogen and oxygen atoms in total. The van der Waals surface area contributed by atoms with Crippen molar-refractivity contribution in [2.24, 2.45) is 21.7 Å². The molecule has 0 bridgehead atoms. The quantitative estimate of drug-likeness (QED) is 0.106. The zero-order valence-electron chi connectivity index (χ0n) is 40.4. The molecule has 0 spiro atoms. The lowest BCUT2D eigenvalue weighted by molar-refractivity contribution is 0.469. The average molecular weight is 785 g/mol. The second kappa shape index (κ2) is 24.7. The number of hydrogen-bond acceptors (Lipinski definition) is 0. The highest BCUT2D eigenvalue weighted by Gasteiger charge is 2.36. The Morgan fingerprint density at radius 1 is 0.281 bits per heavy atom. The van der Waals surface area contributed by atoms with E-state index in [9.17, 15) is 0 Å². The van der Waals surface area contributed by atoms with Crippen molar-refractivity contribution in [3.8, 4) is 11.1 Å². The highest BCUT2D eigenvalue weighted by Crippen LogP contribution is 2.27. The van der Waals surface area contributed by atoms with Crippen molar-refractivity contribution in [2.45, 2.75) is 138 Å². The SMILES string of the molecule is CC.CC(C)(C)C.CC(C)(C)C.CC(C)(C)C.CC(C)(C)C.C[Si]1(C)c2ccccc2-c2ccccc21.c1ccc2c(c1)ccc1ccccc12.c1ccccc1. The van der Waals surface area contributed by atoms with E-state index in [1.165, 1.54) is 32.7 Å². The lowest BCUT2D eigenvalue weighted by Gasteiger charge is -2.18. The summed E-state index contributed by atoms with van der Waals surface area (Å²) in [4.78, 5) is 0. The molecule has 0 saturated carbocycles. The number of hydrogen-bond donors (Lipinski definition) is 0. The Balaban J connectivity index is 0.000000683. The van der Waals surface area contributed by atoms with E-state index in [1.807, 2.05) is 50.2 Å². The molecule has 0 N–H and O–H groups in total. The molecule has 6 aromatic rings. The standard InChI is InChI=1S/C14H14Si.C14H10.C6H6.4C5H12.C2H6/c1-15(2)13-9-5-3-7-11(13)12-8-4-6-10-14(12)15;1-3-7-13-11(5-1)9-10-12-6-2-4-8-14(12)13;1-2-4-6-5-3-1;4*1-5(2,3)4;1-2/h3-10H,1-2H3;1-10H;1-6H;4*1-4H3;1-2H3. The van der Waals surface area contributed by atoms with Crippen LogP contribution in [-0.2, 0) is 0 Å². The Labute approximate surface area is 354 Å². The normalized spacial score (nSPS) is 12.0. The van der Waals surface area contributed by atoms with Crippen molar-refractivity contribution in [3.63, 3.8) is 0 Å². The maximum Gasteiger partial charge on any atom is 0.113 e. The topological polar surface area (TPSA) is 0 Å². The van der Waals surface area contributed by atoms with Crippen LogP contribution in [-0.4, -0.2) is 8.07 Å². The summed E-state index contributed by atoms with van der Waals surface area (Å²) in [5, 5.41) is 8.48. The fourth-order valence-corrected chi connectivity index (χ4v) is 8.11. The van der Waals surface area contributed by atoms with E-state index in [1.54, 1.807) is 10.4 Å². The lowest BCUT2D eigenvalue weighted by Crippen LogP contribution is -2.49. The fraction of sp³-hybridized carbons (Fsp3) is 0.429. The second-order valence-electron chi connectivity index (χ2n) is 21.4. The third-order valence-corrected chi connectivity index (χ3v) is 10.4. The smallest absolute Gasteiger partial charge is 0.0683 e. The zero-order chi connectivity index (χ0) is 44.1. The first-order valence-corrected chi connectivity index (χ1v) is 24.2. The minimum Gasteiger partial charge on any atom is -0.0683 e. The van der Waals surface area contributed by atoms with Crippen molar-refractivity contribution >= 4 is 40.0 Å². The van der Waals surface area contributed by atoms with E-state index in [0.29, 0.717) is 21.7 Å². The molecule has 0 aromatic heterocycles. The molecule has 57 heavy (non-hydrogen) atoms. The summed E-state index contributed by atoms with van der Waals surface area (Å²) in [6.07, 6.45) is 0. The summed E-state index contributed by atoms with van der Waals surface area (Å²) in [7, 11) is -1.38. The first-order chi connectivity index (χ1) is 26.2. The highest BCUT2D eigenvalue weighted by molar-refractivity contribution is 7.03. The Morgan fingerprint density at radius 2 is 0.491 bits per heavy atom. The van der Waals surface area contributed by atoms with Gasteiger partial charge in [-0.3, -0.25) is 0 Å². The molecule has 1 aliphatic rings. The van der Waals surface area contributed by atoms with E-state index < -0.39 is 8.07 Å². The molecule has 0 atom stereocenters. The molecule has 1 heterocycles. The molecular formula is C56H84Si. The van der Waals surface area contributed by atoms with Gasteiger partial charge in [0, 0.05) is 0 Å². The predicted octanol–water partition coefficient (Wildman–Crippen LogP) is 17.4. The maximum absolute atomic E-state index is 2.44. The molecule has 0 unspecified atom stereocenters. The minimum atomic E-state index is -1.38. The van der Waals surface area contributed by atoms with Crippen LogP contribution in [0.15, 0.2) is 146 Å². The molecule has 312 valence electrons. The van der Waals surface area contributed by atoms with Crippen LogP contribution in [0.4, 0.5) is 0 Å². The summed E-state index contributed by atoms with van der Waals surface area (Å²) < 4.78 is 0. The van der Waals surface area contributed by atoms with Crippen LogP contribution in [0.25, 0.3) is 32.7 Å². The van der Waals surface area contributed by atoms with Crippen LogP contribution >= 0.6 is 0 Å². The van der Waals surface area contributed by atoms with E-state index in [0.717, 1.165) is 0 Å². The molecule has 0 amide bonds. The predicted molar refractivity (Wildman–Crippen MR) is 268 cm³/mol. The van der Waals surface area contributed by atoms with Gasteiger partial charge in [0.25, 0.3) is 0 Å². The molecule has 6 aromatic carbocycles. The summed E-state index contributed by atoms with van der Waals surface area (Å²) in [5.41, 5.74) is 4.93. The number of fused-ring (bicyclic) bond motifs is 6. The van der Waals surface area contributed by atoms with Gasteiger partial charge < -0.3 is 0 Å². The summed E-state index contributed by atoms with van der Waals surface area (Å²) in [6.45, 7) is 43.9. The Kier molecular flexibility index (Phi) is 23.0. The second-order valence-corrected chi connectivity index (χ2v) is 25.7. The van der Waals surface area contributed by atoms with E-state index in [2.05, 4.69) is 233 Å². The van der Waals surface area contributed by atoms with Gasteiger partial charge >= 0.3 is 0 Å². The monoisotopic (exact) mass is 785 g/mol. The van der Waals surface area contributed by atoms with Gasteiger partial charge in [-0.1, -0.05) is 283 Å². The molecule has 1 aliphatic heterocycles. The van der Waals surface area contributed by atoms with Crippen LogP contribution in [0.3, 0.4) is 0 Å². The summed E-state index contributed by atoms with van der Waals surface area (Å²) >= 11 is 0. The molecule has 1 heteroatoms. The van der Waals surface area contributed by atoms with Gasteiger partial charge in [-0.2, -0.15) is 0 Å². The van der Waals surface area contributed by atoms with Crippen LogP contribution in [0.5, 0.6) is 0 Å². The van der Waals surface area contributed by atoms with E-state index >= 15 is 0 Å². The van der Waals surface area contributed by atoms with E-state index in [-0.39, 0.29) is 0 Å². The van der Waals surface area contributed by atoms with Crippen molar-refractivity contribution in [1.29, 1.82) is 0 Å². The van der Waals surface area contributed by atoms with Crippen molar-refractivity contribution in [3.05, 3.63) is 146 Å². The van der Waals surface area contributed by atoms with Crippen LogP contribution in [0.2, 0.25) is 13.1 Å². The minimum absolute atomic E-state index is 0.500. The van der Waals surface area contributed by atoms with Gasteiger partial charge in [0.2, 0.25) is 0 Å². The maximum atomic E-state index is 2.44. The highest BCUT2D eigenvalue weighted by atomic mass is 28.3. The fourth-order valence-electron chi connectivity index (χ4n) is 5.01. The van der Waals surface area contributed by atoms with E-state index in [4.69, 9.17) is 0 Å². The van der Waals surface area contributed by atoms with Crippen LogP contribution in [0, 0.1) is 21.7 Å². The van der Waals surface area contributed by atoms with Crippen molar-refractivity contribution in [2.75, 3.05) is 0 Å². The molecule has 0 radical (unpaired) electrons. The lowest BCUT2D eigenvalue weighted by atomic mass is 10.0. The molecule has 7 rings (SSSR count). The largest absolute Gasteiger partial charge is 0.113 e. The van der Waals surface area contributed by atoms with Crippen LogP contribution < -0.4 is 10.4 Å². The van der Waals surface area contributed by atoms with Crippen molar-refractivity contribution < 1.29 is 0 Å². The molecule has 0 saturated heterocycles. The molecule has 0 aliphatic carbocycles. The van der Waals surface area contributed by atoms with Gasteiger partial charge in [0.15, 0.2) is 0 Å². The average Bonchev–Trinajstić information content (AvgIpc) is 3.34. The summed E-state index contributed by atoms with van der Waals surface area (Å²) in [6, 6.07) is 51.1. The summed E-state index contributed by atoms with van der Waals surface area (Å²) in [5.74, 6) is 0.